The van der Waals surface area contributed by atoms with Gasteiger partial charge < -0.3 is 0 Å². The summed E-state index contributed by atoms with van der Waals surface area (Å²) in [6.45, 7) is 2.01. The number of alkyl halides is 1. The second kappa shape index (κ2) is 4.76. The quantitative estimate of drug-likeness (QED) is 0.694. The van der Waals surface area contributed by atoms with E-state index in [1.54, 1.807) is 0 Å². The third-order valence-electron chi connectivity index (χ3n) is 2.57. The highest BCUT2D eigenvalue weighted by Crippen LogP contribution is 2.27. The third kappa shape index (κ3) is 2.69. The van der Waals surface area contributed by atoms with Gasteiger partial charge in [-0.15, -0.1) is 11.6 Å². The van der Waals surface area contributed by atoms with Gasteiger partial charge in [0.15, 0.2) is 0 Å². The van der Waals surface area contributed by atoms with E-state index in [0.717, 1.165) is 25.0 Å². The minimum Gasteiger partial charge on any atom is -0.295 e. The minimum atomic E-state index is 0.724. The van der Waals surface area contributed by atoms with Crippen molar-refractivity contribution in [2.75, 3.05) is 12.4 Å². The number of rotatable bonds is 5. The molecule has 2 nitrogen and oxygen atoms in total. The fourth-order valence-electron chi connectivity index (χ4n) is 1.66. The van der Waals surface area contributed by atoms with Crippen LogP contribution in [0.25, 0.3) is 0 Å². The van der Waals surface area contributed by atoms with Gasteiger partial charge in [-0.3, -0.25) is 9.88 Å². The Hall–Kier alpha value is -0.600. The molecule has 1 aliphatic rings. The van der Waals surface area contributed by atoms with Crippen LogP contribution in [0.2, 0.25) is 0 Å². The molecule has 0 bridgehead atoms. The molecule has 76 valence electrons. The molecule has 14 heavy (non-hydrogen) atoms. The second-order valence-electron chi connectivity index (χ2n) is 3.75. The van der Waals surface area contributed by atoms with E-state index in [0.29, 0.717) is 0 Å². The van der Waals surface area contributed by atoms with Gasteiger partial charge in [0.2, 0.25) is 0 Å². The van der Waals surface area contributed by atoms with Gasteiger partial charge in [0.1, 0.15) is 0 Å². The molecule has 1 heterocycles. The zero-order valence-corrected chi connectivity index (χ0v) is 8.95. The molecule has 0 unspecified atom stereocenters. The van der Waals surface area contributed by atoms with Crippen molar-refractivity contribution in [3.63, 3.8) is 0 Å². The van der Waals surface area contributed by atoms with Crippen LogP contribution in [-0.4, -0.2) is 28.4 Å². The van der Waals surface area contributed by atoms with Crippen molar-refractivity contribution in [3.8, 4) is 0 Å². The highest BCUT2D eigenvalue weighted by Gasteiger charge is 2.28. The zero-order chi connectivity index (χ0) is 9.80. The Morgan fingerprint density at radius 1 is 1.36 bits per heavy atom. The SMILES string of the molecule is ClCCN(Cc1ccncc1)C1CC1. The third-order valence-corrected chi connectivity index (χ3v) is 2.74. The number of hydrogen-bond donors (Lipinski definition) is 0. The lowest BCUT2D eigenvalue weighted by atomic mass is 10.2. The standard InChI is InChI=1S/C11H15ClN2/c12-5-8-14(11-1-2-11)9-10-3-6-13-7-4-10/h3-4,6-7,11H,1-2,5,8-9H2. The summed E-state index contributed by atoms with van der Waals surface area (Å²) in [5.41, 5.74) is 1.33. The summed E-state index contributed by atoms with van der Waals surface area (Å²) in [5.74, 6) is 0.724. The number of hydrogen-bond acceptors (Lipinski definition) is 2. The predicted molar refractivity (Wildman–Crippen MR) is 58.4 cm³/mol. The molecule has 0 amide bonds. The number of nitrogens with zero attached hydrogens (tertiary/aromatic N) is 2. The molecule has 1 saturated carbocycles. The molecule has 0 saturated heterocycles. The Kier molecular flexibility index (Phi) is 3.38. The topological polar surface area (TPSA) is 16.1 Å². The van der Waals surface area contributed by atoms with Crippen LogP contribution < -0.4 is 0 Å². The Labute approximate surface area is 89.9 Å². The van der Waals surface area contributed by atoms with Gasteiger partial charge in [-0.2, -0.15) is 0 Å². The van der Waals surface area contributed by atoms with Crippen LogP contribution in [0.15, 0.2) is 24.5 Å². The van der Waals surface area contributed by atoms with Crippen molar-refractivity contribution in [2.24, 2.45) is 0 Å². The highest BCUT2D eigenvalue weighted by molar-refractivity contribution is 6.18. The van der Waals surface area contributed by atoms with Gasteiger partial charge in [-0.05, 0) is 30.5 Å². The summed E-state index contributed by atoms with van der Waals surface area (Å²) in [7, 11) is 0. The van der Waals surface area contributed by atoms with Crippen LogP contribution in [0.4, 0.5) is 0 Å². The summed E-state index contributed by atoms with van der Waals surface area (Å²) in [6.07, 6.45) is 6.37. The number of pyridine rings is 1. The fraction of sp³-hybridized carbons (Fsp3) is 0.545. The Morgan fingerprint density at radius 2 is 2.07 bits per heavy atom. The van der Waals surface area contributed by atoms with E-state index >= 15 is 0 Å². The molecule has 0 radical (unpaired) electrons. The van der Waals surface area contributed by atoms with Gasteiger partial charge in [0.05, 0.1) is 0 Å². The maximum atomic E-state index is 5.78. The largest absolute Gasteiger partial charge is 0.295 e. The summed E-state index contributed by atoms with van der Waals surface area (Å²) in [5, 5.41) is 0. The van der Waals surface area contributed by atoms with Crippen molar-refractivity contribution in [2.45, 2.75) is 25.4 Å². The van der Waals surface area contributed by atoms with Gasteiger partial charge in [-0.25, -0.2) is 0 Å². The normalized spacial score (nSPS) is 16.1. The molecule has 0 aliphatic heterocycles. The van der Waals surface area contributed by atoms with E-state index in [2.05, 4.69) is 22.0 Å². The molecule has 0 N–H and O–H groups in total. The Morgan fingerprint density at radius 3 is 2.64 bits per heavy atom. The maximum Gasteiger partial charge on any atom is 0.0351 e. The van der Waals surface area contributed by atoms with E-state index in [9.17, 15) is 0 Å². The Balaban J connectivity index is 1.93. The first-order valence-electron chi connectivity index (χ1n) is 5.09. The number of aromatic nitrogens is 1. The monoisotopic (exact) mass is 210 g/mol. The molecule has 1 aromatic heterocycles. The lowest BCUT2D eigenvalue weighted by Crippen LogP contribution is -2.27. The van der Waals surface area contributed by atoms with E-state index in [1.165, 1.54) is 18.4 Å². The molecule has 0 atom stereocenters. The molecule has 0 spiro atoms. The van der Waals surface area contributed by atoms with E-state index in [1.807, 2.05) is 12.4 Å². The fourth-order valence-corrected chi connectivity index (χ4v) is 1.88. The van der Waals surface area contributed by atoms with Gasteiger partial charge in [0, 0.05) is 37.4 Å². The highest BCUT2D eigenvalue weighted by atomic mass is 35.5. The smallest absolute Gasteiger partial charge is 0.0351 e. The van der Waals surface area contributed by atoms with Crippen LogP contribution >= 0.6 is 11.6 Å². The Bertz CT molecular complexity index is 272. The first-order chi connectivity index (χ1) is 6.90. The number of halogens is 1. The van der Waals surface area contributed by atoms with Crippen molar-refractivity contribution < 1.29 is 0 Å². The molecule has 2 rings (SSSR count). The van der Waals surface area contributed by atoms with E-state index in [4.69, 9.17) is 11.6 Å². The molecular weight excluding hydrogens is 196 g/mol. The average molecular weight is 211 g/mol. The van der Waals surface area contributed by atoms with E-state index in [-0.39, 0.29) is 0 Å². The molecule has 0 aromatic carbocycles. The molecule has 1 fully saturated rings. The summed E-state index contributed by atoms with van der Waals surface area (Å²) >= 11 is 5.78. The average Bonchev–Trinajstić information content (AvgIpc) is 3.02. The van der Waals surface area contributed by atoms with Crippen molar-refractivity contribution in [1.29, 1.82) is 0 Å². The summed E-state index contributed by atoms with van der Waals surface area (Å²) in [6, 6.07) is 4.93. The van der Waals surface area contributed by atoms with Crippen molar-refractivity contribution in [3.05, 3.63) is 30.1 Å². The summed E-state index contributed by atoms with van der Waals surface area (Å²) in [4.78, 5) is 6.48. The van der Waals surface area contributed by atoms with Gasteiger partial charge >= 0.3 is 0 Å². The van der Waals surface area contributed by atoms with Crippen LogP contribution in [0.5, 0.6) is 0 Å². The zero-order valence-electron chi connectivity index (χ0n) is 8.19. The molecule has 3 heteroatoms. The predicted octanol–water partition coefficient (Wildman–Crippen LogP) is 2.28. The maximum absolute atomic E-state index is 5.78. The molecule has 1 aliphatic carbocycles. The lowest BCUT2D eigenvalue weighted by Gasteiger charge is -2.20. The molecule has 1 aromatic rings. The van der Waals surface area contributed by atoms with Crippen molar-refractivity contribution in [1.82, 2.24) is 9.88 Å². The van der Waals surface area contributed by atoms with E-state index < -0.39 is 0 Å². The molecular formula is C11H15ClN2. The minimum absolute atomic E-state index is 0.724. The second-order valence-corrected chi connectivity index (χ2v) is 4.12. The van der Waals surface area contributed by atoms with Crippen LogP contribution in [-0.2, 0) is 6.54 Å². The van der Waals surface area contributed by atoms with Gasteiger partial charge in [0.25, 0.3) is 0 Å². The van der Waals surface area contributed by atoms with Gasteiger partial charge in [-0.1, -0.05) is 0 Å². The van der Waals surface area contributed by atoms with Crippen LogP contribution in [0.1, 0.15) is 18.4 Å². The first kappa shape index (κ1) is 9.94. The lowest BCUT2D eigenvalue weighted by molar-refractivity contribution is 0.271. The van der Waals surface area contributed by atoms with Crippen LogP contribution in [0, 0.1) is 0 Å². The first-order valence-corrected chi connectivity index (χ1v) is 5.62. The van der Waals surface area contributed by atoms with Crippen LogP contribution in [0.3, 0.4) is 0 Å². The summed E-state index contributed by atoms with van der Waals surface area (Å²) < 4.78 is 0. The van der Waals surface area contributed by atoms with Crippen molar-refractivity contribution >= 4 is 11.6 Å².